The second-order valence-electron chi connectivity index (χ2n) is 7.30. The quantitative estimate of drug-likeness (QED) is 0.491. The Labute approximate surface area is 156 Å². The van der Waals surface area contributed by atoms with Crippen LogP contribution in [-0.2, 0) is 22.4 Å². The summed E-state index contributed by atoms with van der Waals surface area (Å²) in [6.07, 6.45) is 7.02. The Morgan fingerprint density at radius 3 is 3.08 bits per heavy atom. The minimum Gasteiger partial charge on any atom is -0.465 e. The highest BCUT2D eigenvalue weighted by molar-refractivity contribution is 5.71. The van der Waals surface area contributed by atoms with Crippen molar-refractivity contribution in [3.8, 4) is 0 Å². The highest BCUT2D eigenvalue weighted by atomic mass is 16.5. The molecule has 2 N–H and O–H groups in total. The average Bonchev–Trinajstić information content (AvgIpc) is 2.62. The van der Waals surface area contributed by atoms with Crippen LogP contribution in [0.3, 0.4) is 0 Å². The largest absolute Gasteiger partial charge is 0.465 e. The van der Waals surface area contributed by atoms with E-state index in [-0.39, 0.29) is 5.97 Å². The van der Waals surface area contributed by atoms with Crippen LogP contribution in [0.15, 0.2) is 12.1 Å². The number of pyridine rings is 1. The van der Waals surface area contributed by atoms with Gasteiger partial charge < -0.3 is 15.4 Å². The molecule has 2 aliphatic rings. The van der Waals surface area contributed by atoms with E-state index in [1.807, 2.05) is 6.92 Å². The minimum atomic E-state index is -0.114. The number of esters is 1. The molecule has 0 spiro atoms. The summed E-state index contributed by atoms with van der Waals surface area (Å²) >= 11 is 0. The number of aryl methyl sites for hydroxylation is 2. The number of carbonyl (C=O) groups is 1. The maximum atomic E-state index is 11.4. The Hall–Kier alpha value is -1.66. The van der Waals surface area contributed by atoms with Gasteiger partial charge in [0.25, 0.3) is 0 Å². The van der Waals surface area contributed by atoms with Crippen molar-refractivity contribution >= 4 is 11.8 Å². The minimum absolute atomic E-state index is 0.114. The number of hydrogen-bond acceptors (Lipinski definition) is 6. The molecule has 0 aliphatic carbocycles. The average molecular weight is 361 g/mol. The summed E-state index contributed by atoms with van der Waals surface area (Å²) < 4.78 is 4.97. The smallest absolute Gasteiger partial charge is 0.320 e. The van der Waals surface area contributed by atoms with Crippen molar-refractivity contribution in [1.82, 2.24) is 15.2 Å². The van der Waals surface area contributed by atoms with Crippen LogP contribution in [0.2, 0.25) is 0 Å². The van der Waals surface area contributed by atoms with E-state index < -0.39 is 0 Å². The molecule has 0 saturated carbocycles. The molecule has 1 fully saturated rings. The molecule has 6 heteroatoms. The van der Waals surface area contributed by atoms with Crippen molar-refractivity contribution in [2.24, 2.45) is 0 Å². The molecule has 0 bridgehead atoms. The maximum Gasteiger partial charge on any atom is 0.320 e. The van der Waals surface area contributed by atoms with Crippen molar-refractivity contribution in [3.63, 3.8) is 0 Å². The first-order chi connectivity index (χ1) is 12.7. The second-order valence-corrected chi connectivity index (χ2v) is 7.30. The third-order valence-corrected chi connectivity index (χ3v) is 5.11. The van der Waals surface area contributed by atoms with Crippen LogP contribution in [0.1, 0.15) is 43.9 Å². The van der Waals surface area contributed by atoms with Gasteiger partial charge in [-0.25, -0.2) is 4.98 Å². The summed E-state index contributed by atoms with van der Waals surface area (Å²) in [5, 5.41) is 6.98. The monoisotopic (exact) mass is 360 g/mol. The lowest BCUT2D eigenvalue weighted by atomic mass is 10.1. The van der Waals surface area contributed by atoms with E-state index in [9.17, 15) is 4.79 Å². The molecule has 0 aromatic carbocycles. The van der Waals surface area contributed by atoms with Crippen LogP contribution in [0, 0.1) is 0 Å². The van der Waals surface area contributed by atoms with Gasteiger partial charge in [0.1, 0.15) is 5.82 Å². The third-order valence-electron chi connectivity index (χ3n) is 5.11. The van der Waals surface area contributed by atoms with Gasteiger partial charge in [-0.15, -0.1) is 0 Å². The van der Waals surface area contributed by atoms with Crippen molar-refractivity contribution in [1.29, 1.82) is 0 Å². The van der Waals surface area contributed by atoms with E-state index in [4.69, 9.17) is 9.72 Å². The highest BCUT2D eigenvalue weighted by Crippen LogP contribution is 2.20. The van der Waals surface area contributed by atoms with Crippen molar-refractivity contribution in [2.75, 3.05) is 44.6 Å². The van der Waals surface area contributed by atoms with Crippen molar-refractivity contribution in [2.45, 2.75) is 51.5 Å². The van der Waals surface area contributed by atoms with Gasteiger partial charge in [0.05, 0.1) is 13.2 Å². The Morgan fingerprint density at radius 2 is 2.23 bits per heavy atom. The first kappa shape index (κ1) is 19.1. The van der Waals surface area contributed by atoms with E-state index in [1.54, 1.807) is 0 Å². The SMILES string of the molecule is CCOC(=O)CN1CC(NCCCCCc2ccc3c(n2)NCCC3)C1. The van der Waals surface area contributed by atoms with Crippen molar-refractivity contribution < 1.29 is 9.53 Å². The van der Waals surface area contributed by atoms with Gasteiger partial charge in [-0.1, -0.05) is 12.5 Å². The molecule has 1 aromatic heterocycles. The van der Waals surface area contributed by atoms with E-state index in [0.717, 1.165) is 44.8 Å². The number of fused-ring (bicyclic) bond motifs is 1. The van der Waals surface area contributed by atoms with E-state index >= 15 is 0 Å². The van der Waals surface area contributed by atoms with Gasteiger partial charge >= 0.3 is 5.97 Å². The molecule has 3 heterocycles. The summed E-state index contributed by atoms with van der Waals surface area (Å²) in [5.41, 5.74) is 2.57. The first-order valence-corrected chi connectivity index (χ1v) is 10.1. The number of carbonyl (C=O) groups excluding carboxylic acids is 1. The first-order valence-electron chi connectivity index (χ1n) is 10.1. The van der Waals surface area contributed by atoms with Crippen LogP contribution >= 0.6 is 0 Å². The zero-order valence-electron chi connectivity index (χ0n) is 15.9. The Bertz CT molecular complexity index is 587. The number of nitrogens with zero attached hydrogens (tertiary/aromatic N) is 2. The molecule has 144 valence electrons. The van der Waals surface area contributed by atoms with Gasteiger partial charge in [0, 0.05) is 31.4 Å². The van der Waals surface area contributed by atoms with Gasteiger partial charge in [-0.2, -0.15) is 0 Å². The fraction of sp³-hybridized carbons (Fsp3) is 0.700. The summed E-state index contributed by atoms with van der Waals surface area (Å²) in [4.78, 5) is 18.3. The van der Waals surface area contributed by atoms with Crippen LogP contribution < -0.4 is 10.6 Å². The standard InChI is InChI=1S/C20H32N4O2/c1-2-26-19(25)15-24-13-18(14-24)21-11-5-3-4-8-17-10-9-16-7-6-12-22-20(16)23-17/h9-10,18,21H,2-8,11-15H2,1H3,(H,22,23). The van der Waals surface area contributed by atoms with E-state index in [0.29, 0.717) is 19.2 Å². The van der Waals surface area contributed by atoms with Crippen LogP contribution in [0.4, 0.5) is 5.82 Å². The zero-order chi connectivity index (χ0) is 18.2. The molecule has 0 radical (unpaired) electrons. The highest BCUT2D eigenvalue weighted by Gasteiger charge is 2.27. The number of nitrogens with one attached hydrogen (secondary N) is 2. The number of likely N-dealkylation sites (tertiary alicyclic amines) is 1. The van der Waals surface area contributed by atoms with Gasteiger partial charge in [-0.3, -0.25) is 9.69 Å². The molecule has 3 rings (SSSR count). The number of ether oxygens (including phenoxy) is 1. The second kappa shape index (κ2) is 9.88. The molecule has 2 aliphatic heterocycles. The number of aromatic nitrogens is 1. The topological polar surface area (TPSA) is 66.5 Å². The zero-order valence-corrected chi connectivity index (χ0v) is 15.9. The number of unbranched alkanes of at least 4 members (excludes halogenated alkanes) is 2. The molecule has 1 saturated heterocycles. The predicted molar refractivity (Wildman–Crippen MR) is 103 cm³/mol. The van der Waals surface area contributed by atoms with Crippen LogP contribution in [-0.4, -0.2) is 61.2 Å². The van der Waals surface area contributed by atoms with Crippen LogP contribution in [0.5, 0.6) is 0 Å². The van der Waals surface area contributed by atoms with Gasteiger partial charge in [-0.05, 0) is 57.2 Å². The molecule has 1 aromatic rings. The van der Waals surface area contributed by atoms with Crippen molar-refractivity contribution in [3.05, 3.63) is 23.4 Å². The van der Waals surface area contributed by atoms with E-state index in [1.165, 1.54) is 36.9 Å². The summed E-state index contributed by atoms with van der Waals surface area (Å²) in [6.45, 7) is 6.73. The lowest BCUT2D eigenvalue weighted by Gasteiger charge is -2.39. The number of rotatable bonds is 10. The molecule has 26 heavy (non-hydrogen) atoms. The van der Waals surface area contributed by atoms with E-state index in [2.05, 4.69) is 27.7 Å². The molecule has 0 atom stereocenters. The third kappa shape index (κ3) is 5.68. The number of hydrogen-bond donors (Lipinski definition) is 2. The Balaban J connectivity index is 1.21. The molecule has 6 nitrogen and oxygen atoms in total. The normalized spacial score (nSPS) is 17.3. The molecule has 0 unspecified atom stereocenters. The fourth-order valence-corrected chi connectivity index (χ4v) is 3.64. The Kier molecular flexibility index (Phi) is 7.26. The maximum absolute atomic E-state index is 11.4. The molecule has 0 amide bonds. The lowest BCUT2D eigenvalue weighted by molar-refractivity contribution is -0.145. The predicted octanol–water partition coefficient (Wildman–Crippen LogP) is 1.99. The van der Waals surface area contributed by atoms with Crippen LogP contribution in [0.25, 0.3) is 0 Å². The molecular formula is C20H32N4O2. The van der Waals surface area contributed by atoms with Gasteiger partial charge in [0.15, 0.2) is 0 Å². The summed E-state index contributed by atoms with van der Waals surface area (Å²) in [7, 11) is 0. The lowest BCUT2D eigenvalue weighted by Crippen LogP contribution is -2.59. The number of anilines is 1. The summed E-state index contributed by atoms with van der Waals surface area (Å²) in [5.74, 6) is 0.990. The summed E-state index contributed by atoms with van der Waals surface area (Å²) in [6, 6.07) is 4.96. The van der Waals surface area contributed by atoms with Gasteiger partial charge in [0.2, 0.25) is 0 Å². The molecular weight excluding hydrogens is 328 g/mol. The fourth-order valence-electron chi connectivity index (χ4n) is 3.64. The Morgan fingerprint density at radius 1 is 1.35 bits per heavy atom.